The molecule has 0 bridgehead atoms. The molecule has 2 unspecified atom stereocenters. The molecule has 0 saturated carbocycles. The third kappa shape index (κ3) is 4.72. The quantitative estimate of drug-likeness (QED) is 0.775. The Morgan fingerprint density at radius 2 is 1.79 bits per heavy atom. The maximum Gasteiger partial charge on any atom is 0.416 e. The first kappa shape index (κ1) is 21.2. The number of rotatable bonds is 5. The second-order valence-electron chi connectivity index (χ2n) is 7.60. The summed E-state index contributed by atoms with van der Waals surface area (Å²) in [5, 5.41) is 9.72. The fraction of sp³-hybridized carbons (Fsp3) is 0.409. The van der Waals surface area contributed by atoms with E-state index in [1.165, 1.54) is 6.07 Å². The van der Waals surface area contributed by atoms with Gasteiger partial charge in [0.2, 0.25) is 0 Å². The van der Waals surface area contributed by atoms with E-state index in [2.05, 4.69) is 0 Å². The Morgan fingerprint density at radius 3 is 2.38 bits per heavy atom. The van der Waals surface area contributed by atoms with E-state index in [0.29, 0.717) is 18.5 Å². The molecule has 0 aromatic heterocycles. The number of carbonyl (C=O) groups is 1. The van der Waals surface area contributed by atoms with E-state index >= 15 is 0 Å². The Hall–Kier alpha value is -2.54. The van der Waals surface area contributed by atoms with Gasteiger partial charge in [0, 0.05) is 19.8 Å². The number of hydrogen-bond acceptors (Lipinski definition) is 3. The van der Waals surface area contributed by atoms with Gasteiger partial charge in [0.05, 0.1) is 11.6 Å². The Bertz CT molecular complexity index is 850. The Balaban J connectivity index is 2.10. The highest BCUT2D eigenvalue weighted by atomic mass is 19.4. The molecule has 2 atom stereocenters. The van der Waals surface area contributed by atoms with Crippen molar-refractivity contribution >= 4 is 11.7 Å². The smallest absolute Gasteiger partial charge is 0.416 e. The second kappa shape index (κ2) is 8.45. The molecule has 1 aliphatic rings. The van der Waals surface area contributed by atoms with Crippen molar-refractivity contribution in [3.8, 4) is 0 Å². The maximum atomic E-state index is 13.3. The fourth-order valence-electron chi connectivity index (χ4n) is 3.94. The summed E-state index contributed by atoms with van der Waals surface area (Å²) in [6.07, 6.45) is -2.36. The molecule has 0 aliphatic carbocycles. The number of halogens is 3. The second-order valence-corrected chi connectivity index (χ2v) is 7.60. The van der Waals surface area contributed by atoms with Crippen LogP contribution in [0.1, 0.15) is 42.0 Å². The summed E-state index contributed by atoms with van der Waals surface area (Å²) in [7, 11) is 3.81. The molecule has 0 radical (unpaired) electrons. The average molecular weight is 406 g/mol. The van der Waals surface area contributed by atoms with Gasteiger partial charge in [-0.15, -0.1) is 0 Å². The Labute approximate surface area is 168 Å². The van der Waals surface area contributed by atoms with E-state index in [1.54, 1.807) is 6.07 Å². The maximum absolute atomic E-state index is 13.3. The molecule has 0 spiro atoms. The summed E-state index contributed by atoms with van der Waals surface area (Å²) in [5.74, 6) is -0.938. The van der Waals surface area contributed by atoms with E-state index in [4.69, 9.17) is 0 Å². The largest absolute Gasteiger partial charge is 0.480 e. The average Bonchev–Trinajstić information content (AvgIpc) is 2.68. The number of carboxylic acids is 1. The van der Waals surface area contributed by atoms with Crippen molar-refractivity contribution in [3.63, 3.8) is 0 Å². The van der Waals surface area contributed by atoms with Crippen molar-refractivity contribution in [2.75, 3.05) is 25.5 Å². The molecular formula is C22H25F3N2O2. The predicted molar refractivity (Wildman–Crippen MR) is 106 cm³/mol. The van der Waals surface area contributed by atoms with Gasteiger partial charge in [-0.2, -0.15) is 13.2 Å². The lowest BCUT2D eigenvalue weighted by Crippen LogP contribution is -2.46. The number of carboxylic acid groups (broad SMARTS) is 1. The molecule has 1 saturated heterocycles. The Morgan fingerprint density at radius 1 is 1.10 bits per heavy atom. The summed E-state index contributed by atoms with van der Waals surface area (Å²) in [6.45, 7) is 0.521. The van der Waals surface area contributed by atoms with Crippen LogP contribution < -0.4 is 4.90 Å². The van der Waals surface area contributed by atoms with Gasteiger partial charge in [0.25, 0.3) is 0 Å². The number of likely N-dealkylation sites (tertiary alicyclic amines) is 1. The van der Waals surface area contributed by atoms with Crippen LogP contribution in [0, 0.1) is 0 Å². The zero-order valence-electron chi connectivity index (χ0n) is 16.5. The van der Waals surface area contributed by atoms with E-state index in [1.807, 2.05) is 48.2 Å². The molecule has 1 heterocycles. The van der Waals surface area contributed by atoms with Crippen LogP contribution in [0.25, 0.3) is 0 Å². The predicted octanol–water partition coefficient (Wildman–Crippen LogP) is 4.80. The van der Waals surface area contributed by atoms with Gasteiger partial charge in [-0.3, -0.25) is 9.69 Å². The zero-order valence-corrected chi connectivity index (χ0v) is 16.5. The molecule has 7 heteroatoms. The van der Waals surface area contributed by atoms with Crippen LogP contribution in [-0.2, 0) is 11.0 Å². The van der Waals surface area contributed by atoms with E-state index in [0.717, 1.165) is 36.2 Å². The third-order valence-electron chi connectivity index (χ3n) is 5.42. The normalized spacial score (nSPS) is 19.0. The number of alkyl halides is 3. The van der Waals surface area contributed by atoms with Crippen molar-refractivity contribution < 1.29 is 23.1 Å². The van der Waals surface area contributed by atoms with Crippen LogP contribution in [0.15, 0.2) is 48.5 Å². The van der Waals surface area contributed by atoms with E-state index < -0.39 is 29.8 Å². The number of nitrogens with zero attached hydrogens (tertiary/aromatic N) is 2. The highest BCUT2D eigenvalue weighted by Gasteiger charge is 2.36. The van der Waals surface area contributed by atoms with E-state index in [-0.39, 0.29) is 0 Å². The standard InChI is InChI=1S/C22H25F3N2O2/c1-26(2)18-11-9-15(10-12-18)20(27-13-4-3-8-19(27)21(28)29)16-6-5-7-17(14-16)22(23,24)25/h5-7,9-12,14,19-20H,3-4,8,13H2,1-2H3,(H,28,29). The SMILES string of the molecule is CN(C)c1ccc(C(c2cccc(C(F)(F)F)c2)N2CCCCC2C(=O)O)cc1. The minimum Gasteiger partial charge on any atom is -0.480 e. The van der Waals surface area contributed by atoms with Gasteiger partial charge >= 0.3 is 12.1 Å². The fourth-order valence-corrected chi connectivity index (χ4v) is 3.94. The van der Waals surface area contributed by atoms with Crippen LogP contribution in [0.5, 0.6) is 0 Å². The molecule has 1 N–H and O–H groups in total. The van der Waals surface area contributed by atoms with Gasteiger partial charge in [-0.05, 0) is 54.8 Å². The van der Waals surface area contributed by atoms with Crippen molar-refractivity contribution in [2.45, 2.75) is 37.5 Å². The van der Waals surface area contributed by atoms with Gasteiger partial charge in [-0.1, -0.05) is 30.7 Å². The van der Waals surface area contributed by atoms with Crippen molar-refractivity contribution in [2.24, 2.45) is 0 Å². The van der Waals surface area contributed by atoms with Gasteiger partial charge in [0.1, 0.15) is 6.04 Å². The molecule has 2 aromatic rings. The van der Waals surface area contributed by atoms with Crippen LogP contribution in [-0.4, -0.2) is 42.7 Å². The van der Waals surface area contributed by atoms with Crippen LogP contribution >= 0.6 is 0 Å². The third-order valence-corrected chi connectivity index (χ3v) is 5.42. The summed E-state index contributed by atoms with van der Waals surface area (Å²) in [6, 6.07) is 11.5. The molecule has 4 nitrogen and oxygen atoms in total. The highest BCUT2D eigenvalue weighted by Crippen LogP contribution is 2.37. The van der Waals surface area contributed by atoms with Gasteiger partial charge in [-0.25, -0.2) is 0 Å². The van der Waals surface area contributed by atoms with E-state index in [9.17, 15) is 23.1 Å². The molecular weight excluding hydrogens is 381 g/mol. The zero-order chi connectivity index (χ0) is 21.2. The van der Waals surface area contributed by atoms with Crippen LogP contribution in [0.4, 0.5) is 18.9 Å². The molecule has 2 aromatic carbocycles. The summed E-state index contributed by atoms with van der Waals surface area (Å²) >= 11 is 0. The minimum absolute atomic E-state index is 0.450. The van der Waals surface area contributed by atoms with Crippen molar-refractivity contribution in [1.29, 1.82) is 0 Å². The molecule has 1 fully saturated rings. The molecule has 3 rings (SSSR count). The number of anilines is 1. The summed E-state index contributed by atoms with van der Waals surface area (Å²) in [5.41, 5.74) is 1.47. The van der Waals surface area contributed by atoms with Gasteiger partial charge < -0.3 is 10.0 Å². The van der Waals surface area contributed by atoms with Crippen LogP contribution in [0.2, 0.25) is 0 Å². The lowest BCUT2D eigenvalue weighted by atomic mass is 9.90. The minimum atomic E-state index is -4.45. The van der Waals surface area contributed by atoms with Gasteiger partial charge in [0.15, 0.2) is 0 Å². The van der Waals surface area contributed by atoms with Crippen molar-refractivity contribution in [1.82, 2.24) is 4.90 Å². The first-order valence-corrected chi connectivity index (χ1v) is 9.61. The molecule has 29 heavy (non-hydrogen) atoms. The highest BCUT2D eigenvalue weighted by molar-refractivity contribution is 5.73. The van der Waals surface area contributed by atoms with Crippen LogP contribution in [0.3, 0.4) is 0 Å². The summed E-state index contributed by atoms with van der Waals surface area (Å²) in [4.78, 5) is 15.6. The first-order chi connectivity index (χ1) is 13.7. The summed E-state index contributed by atoms with van der Waals surface area (Å²) < 4.78 is 39.9. The molecule has 0 amide bonds. The molecule has 156 valence electrons. The first-order valence-electron chi connectivity index (χ1n) is 9.61. The van der Waals surface area contributed by atoms with Crippen molar-refractivity contribution in [3.05, 3.63) is 65.2 Å². The number of benzene rings is 2. The monoisotopic (exact) mass is 406 g/mol. The molecule has 1 aliphatic heterocycles. The lowest BCUT2D eigenvalue weighted by molar-refractivity contribution is -0.145. The lowest BCUT2D eigenvalue weighted by Gasteiger charge is -2.40. The number of piperidine rings is 1. The number of aliphatic carboxylic acids is 1. The Kier molecular flexibility index (Phi) is 6.17. The number of hydrogen-bond donors (Lipinski definition) is 1. The topological polar surface area (TPSA) is 43.8 Å².